The number of hydrogen-bond donors (Lipinski definition) is 1. The van der Waals surface area contributed by atoms with E-state index >= 15 is 0 Å². The van der Waals surface area contributed by atoms with Gasteiger partial charge in [-0.05, 0) is 12.2 Å². The molecule has 1 N–H and O–H groups in total. The average molecular weight is 291 g/mol. The van der Waals surface area contributed by atoms with Crippen molar-refractivity contribution in [1.29, 1.82) is 0 Å². The van der Waals surface area contributed by atoms with E-state index < -0.39 is 0 Å². The molecule has 2 rings (SSSR count). The standard InChI is InChI=1S/C14H17N3O2S/c1-10(2)13(18)19-9-8-17-14(20)15-12(16-17)11-6-4-3-5-7-11/h3-7,10H,8-9H2,1-2H3,(H,15,16,20). The van der Waals surface area contributed by atoms with E-state index in [1.807, 2.05) is 30.3 Å². The summed E-state index contributed by atoms with van der Waals surface area (Å²) in [5.74, 6) is 0.384. The van der Waals surface area contributed by atoms with Crippen molar-refractivity contribution < 1.29 is 9.53 Å². The molecule has 106 valence electrons. The van der Waals surface area contributed by atoms with Crippen molar-refractivity contribution in [2.45, 2.75) is 20.4 Å². The minimum Gasteiger partial charge on any atom is -0.464 e. The first kappa shape index (κ1) is 14.5. The van der Waals surface area contributed by atoms with Crippen LogP contribution in [0.25, 0.3) is 11.4 Å². The van der Waals surface area contributed by atoms with Gasteiger partial charge in [0.1, 0.15) is 6.61 Å². The second-order valence-corrected chi connectivity index (χ2v) is 5.06. The smallest absolute Gasteiger partial charge is 0.308 e. The van der Waals surface area contributed by atoms with Crippen molar-refractivity contribution in [3.63, 3.8) is 0 Å². The van der Waals surface area contributed by atoms with Crippen LogP contribution in [0.15, 0.2) is 30.3 Å². The molecule has 0 bridgehead atoms. The number of rotatable bonds is 5. The molecule has 0 aliphatic heterocycles. The van der Waals surface area contributed by atoms with E-state index in [2.05, 4.69) is 10.1 Å². The first-order valence-corrected chi connectivity index (χ1v) is 6.87. The molecule has 0 fully saturated rings. The van der Waals surface area contributed by atoms with Gasteiger partial charge in [-0.25, -0.2) is 0 Å². The number of hydrogen-bond acceptors (Lipinski definition) is 4. The highest BCUT2D eigenvalue weighted by molar-refractivity contribution is 7.71. The number of carbonyl (C=O) groups excluding carboxylic acids is 1. The van der Waals surface area contributed by atoms with E-state index in [1.54, 1.807) is 18.5 Å². The molecule has 6 heteroatoms. The molecule has 2 aromatic rings. The third-order valence-corrected chi connectivity index (χ3v) is 3.07. The van der Waals surface area contributed by atoms with Crippen LogP contribution in [0.3, 0.4) is 0 Å². The van der Waals surface area contributed by atoms with Crippen LogP contribution in [-0.4, -0.2) is 27.3 Å². The van der Waals surface area contributed by atoms with Crippen molar-refractivity contribution >= 4 is 18.2 Å². The van der Waals surface area contributed by atoms with Gasteiger partial charge in [-0.1, -0.05) is 44.2 Å². The molecule has 20 heavy (non-hydrogen) atoms. The fraction of sp³-hybridized carbons (Fsp3) is 0.357. The summed E-state index contributed by atoms with van der Waals surface area (Å²) >= 11 is 5.18. The maximum atomic E-state index is 11.4. The Balaban J connectivity index is 2.02. The van der Waals surface area contributed by atoms with Gasteiger partial charge in [0.25, 0.3) is 0 Å². The molecule has 0 amide bonds. The number of ether oxygens (including phenoxy) is 1. The van der Waals surface area contributed by atoms with Gasteiger partial charge in [-0.3, -0.25) is 14.6 Å². The highest BCUT2D eigenvalue weighted by Crippen LogP contribution is 2.13. The molecule has 0 unspecified atom stereocenters. The lowest BCUT2D eigenvalue weighted by Gasteiger charge is -2.07. The van der Waals surface area contributed by atoms with Gasteiger partial charge in [0.2, 0.25) is 4.77 Å². The molecule has 0 radical (unpaired) electrons. The lowest BCUT2D eigenvalue weighted by atomic mass is 10.2. The third-order valence-electron chi connectivity index (χ3n) is 2.76. The maximum absolute atomic E-state index is 11.4. The minimum atomic E-state index is -0.209. The van der Waals surface area contributed by atoms with Crippen LogP contribution in [0.4, 0.5) is 0 Å². The summed E-state index contributed by atoms with van der Waals surface area (Å²) < 4.78 is 7.27. The number of nitrogens with zero attached hydrogens (tertiary/aromatic N) is 2. The molecule has 0 spiro atoms. The predicted octanol–water partition coefficient (Wildman–Crippen LogP) is 2.81. The van der Waals surface area contributed by atoms with Gasteiger partial charge in [0, 0.05) is 5.56 Å². The normalized spacial score (nSPS) is 10.8. The van der Waals surface area contributed by atoms with Crippen molar-refractivity contribution in [3.05, 3.63) is 35.1 Å². The molecule has 1 heterocycles. The summed E-state index contributed by atoms with van der Waals surface area (Å²) in [6.07, 6.45) is 0. The second-order valence-electron chi connectivity index (χ2n) is 4.69. The Morgan fingerprint density at radius 3 is 2.75 bits per heavy atom. The van der Waals surface area contributed by atoms with Crippen LogP contribution < -0.4 is 0 Å². The highest BCUT2D eigenvalue weighted by atomic mass is 32.1. The Morgan fingerprint density at radius 1 is 1.40 bits per heavy atom. The number of nitrogens with one attached hydrogen (secondary N) is 1. The largest absolute Gasteiger partial charge is 0.464 e. The molecule has 5 nitrogen and oxygen atoms in total. The maximum Gasteiger partial charge on any atom is 0.308 e. The van der Waals surface area contributed by atoms with Gasteiger partial charge in [-0.2, -0.15) is 4.98 Å². The van der Waals surface area contributed by atoms with Crippen LogP contribution in [0.2, 0.25) is 0 Å². The van der Waals surface area contributed by atoms with Gasteiger partial charge < -0.3 is 4.74 Å². The van der Waals surface area contributed by atoms with E-state index in [0.29, 0.717) is 17.1 Å². The predicted molar refractivity (Wildman–Crippen MR) is 78.6 cm³/mol. The van der Waals surface area contributed by atoms with E-state index in [1.165, 1.54) is 0 Å². The molecule has 0 aliphatic carbocycles. The number of aromatic nitrogens is 3. The van der Waals surface area contributed by atoms with E-state index in [-0.39, 0.29) is 18.5 Å². The van der Waals surface area contributed by atoms with Crippen molar-refractivity contribution in [2.75, 3.05) is 6.61 Å². The zero-order valence-corrected chi connectivity index (χ0v) is 12.3. The first-order valence-electron chi connectivity index (χ1n) is 6.47. The van der Waals surface area contributed by atoms with Crippen molar-refractivity contribution in [2.24, 2.45) is 5.92 Å². The quantitative estimate of drug-likeness (QED) is 0.680. The van der Waals surface area contributed by atoms with Crippen LogP contribution in [-0.2, 0) is 16.1 Å². The van der Waals surface area contributed by atoms with Crippen LogP contribution >= 0.6 is 12.2 Å². The zero-order chi connectivity index (χ0) is 14.5. The average Bonchev–Trinajstić information content (AvgIpc) is 2.81. The number of carbonyl (C=O) groups is 1. The number of H-pyrrole nitrogens is 1. The summed E-state index contributed by atoms with van der Waals surface area (Å²) in [5.41, 5.74) is 0.969. The molecular formula is C14H17N3O2S. The molecule has 0 atom stereocenters. The molecule has 0 saturated heterocycles. The van der Waals surface area contributed by atoms with Gasteiger partial charge in [-0.15, -0.1) is 0 Å². The molecule has 1 aromatic heterocycles. The molecule has 0 saturated carbocycles. The van der Waals surface area contributed by atoms with Crippen LogP contribution in [0, 0.1) is 10.7 Å². The van der Waals surface area contributed by atoms with E-state index in [0.717, 1.165) is 5.56 Å². The van der Waals surface area contributed by atoms with Crippen LogP contribution in [0.1, 0.15) is 13.8 Å². The monoisotopic (exact) mass is 291 g/mol. The third kappa shape index (κ3) is 3.54. The lowest BCUT2D eigenvalue weighted by molar-refractivity contribution is -0.147. The molecule has 1 aromatic carbocycles. The Labute approximate surface area is 122 Å². The fourth-order valence-corrected chi connectivity index (χ4v) is 1.87. The Morgan fingerprint density at radius 2 is 2.10 bits per heavy atom. The highest BCUT2D eigenvalue weighted by Gasteiger charge is 2.09. The van der Waals surface area contributed by atoms with Crippen molar-refractivity contribution in [1.82, 2.24) is 14.8 Å². The Hall–Kier alpha value is -1.95. The minimum absolute atomic E-state index is 0.121. The summed E-state index contributed by atoms with van der Waals surface area (Å²) in [6.45, 7) is 4.36. The molecule has 0 aliphatic rings. The van der Waals surface area contributed by atoms with Gasteiger partial charge in [0.05, 0.1) is 12.5 Å². The fourth-order valence-electron chi connectivity index (χ4n) is 1.64. The SMILES string of the molecule is CC(C)C(=O)OCCn1[nH]c(-c2ccccc2)nc1=S. The van der Waals surface area contributed by atoms with Crippen molar-refractivity contribution in [3.8, 4) is 11.4 Å². The summed E-state index contributed by atoms with van der Waals surface area (Å²) in [7, 11) is 0. The van der Waals surface area contributed by atoms with Crippen LogP contribution in [0.5, 0.6) is 0 Å². The van der Waals surface area contributed by atoms with Gasteiger partial charge >= 0.3 is 5.97 Å². The molecular weight excluding hydrogens is 274 g/mol. The Bertz CT molecular complexity index is 631. The Kier molecular flexibility index (Phi) is 4.68. The number of benzene rings is 1. The second kappa shape index (κ2) is 6.47. The van der Waals surface area contributed by atoms with E-state index in [9.17, 15) is 4.79 Å². The lowest BCUT2D eigenvalue weighted by Crippen LogP contribution is -2.16. The number of esters is 1. The summed E-state index contributed by atoms with van der Waals surface area (Å²) in [6, 6.07) is 9.74. The number of aromatic amines is 1. The van der Waals surface area contributed by atoms with E-state index in [4.69, 9.17) is 17.0 Å². The zero-order valence-electron chi connectivity index (χ0n) is 11.5. The summed E-state index contributed by atoms with van der Waals surface area (Å²) in [5, 5.41) is 3.11. The first-order chi connectivity index (χ1) is 9.58. The van der Waals surface area contributed by atoms with Gasteiger partial charge in [0.15, 0.2) is 5.82 Å². The summed E-state index contributed by atoms with van der Waals surface area (Å²) in [4.78, 5) is 15.7. The topological polar surface area (TPSA) is 59.9 Å².